The Morgan fingerprint density at radius 1 is 1.57 bits per heavy atom. The first-order valence-corrected chi connectivity index (χ1v) is 4.57. The van der Waals surface area contributed by atoms with Crippen LogP contribution in [0, 0.1) is 11.3 Å². The van der Waals surface area contributed by atoms with E-state index < -0.39 is 0 Å². The Hall–Kier alpha value is -1.60. The van der Waals surface area contributed by atoms with Crippen molar-refractivity contribution >= 4 is 0 Å². The number of nitrogens with two attached hydrogens (primary N) is 1. The number of hydrogen-bond acceptors (Lipinski definition) is 4. The van der Waals surface area contributed by atoms with Crippen molar-refractivity contribution in [2.45, 2.75) is 25.0 Å². The van der Waals surface area contributed by atoms with Crippen LogP contribution in [0.3, 0.4) is 0 Å². The smallest absolute Gasteiger partial charge is 0.182 e. The molecule has 1 aliphatic carbocycles. The molecule has 1 aliphatic rings. The molecule has 14 heavy (non-hydrogen) atoms. The Bertz CT molecular complexity index is 366. The van der Waals surface area contributed by atoms with Gasteiger partial charge in [0.15, 0.2) is 11.4 Å². The van der Waals surface area contributed by atoms with Gasteiger partial charge in [-0.1, -0.05) is 0 Å². The first-order chi connectivity index (χ1) is 6.79. The largest absolute Gasteiger partial charge is 0.487 e. The van der Waals surface area contributed by atoms with E-state index in [-0.39, 0.29) is 12.1 Å². The molecule has 0 aromatic carbocycles. The summed E-state index contributed by atoms with van der Waals surface area (Å²) in [6.45, 7) is 0. The summed E-state index contributed by atoms with van der Waals surface area (Å²) in [5.74, 6) is 0.562. The van der Waals surface area contributed by atoms with Crippen molar-refractivity contribution in [2.24, 2.45) is 5.73 Å². The molecule has 0 unspecified atom stereocenters. The summed E-state index contributed by atoms with van der Waals surface area (Å²) < 4.78 is 5.58. The molecule has 1 aromatic heterocycles. The zero-order chi connectivity index (χ0) is 9.97. The van der Waals surface area contributed by atoms with Gasteiger partial charge < -0.3 is 10.5 Å². The molecule has 1 fully saturated rings. The van der Waals surface area contributed by atoms with E-state index in [4.69, 9.17) is 15.7 Å². The lowest BCUT2D eigenvalue weighted by Crippen LogP contribution is -2.43. The summed E-state index contributed by atoms with van der Waals surface area (Å²) in [6, 6.07) is 5.76. The first kappa shape index (κ1) is 8.97. The van der Waals surface area contributed by atoms with Crippen molar-refractivity contribution in [1.29, 1.82) is 5.26 Å². The molecular formula is C10H11N3O. The normalized spacial score (nSPS) is 24.9. The van der Waals surface area contributed by atoms with Gasteiger partial charge in [0.05, 0.1) is 0 Å². The zero-order valence-electron chi connectivity index (χ0n) is 7.68. The fourth-order valence-corrected chi connectivity index (χ4v) is 1.45. The summed E-state index contributed by atoms with van der Waals surface area (Å²) in [5.41, 5.74) is 5.97. The van der Waals surface area contributed by atoms with Gasteiger partial charge in [-0.3, -0.25) is 0 Å². The number of nitrogens with zero attached hydrogens (tertiary/aromatic N) is 2. The van der Waals surface area contributed by atoms with Crippen LogP contribution in [0.1, 0.15) is 18.5 Å². The van der Waals surface area contributed by atoms with Crippen LogP contribution < -0.4 is 10.5 Å². The monoisotopic (exact) mass is 189 g/mol. The zero-order valence-corrected chi connectivity index (χ0v) is 7.68. The average Bonchev–Trinajstić information content (AvgIpc) is 2.16. The van der Waals surface area contributed by atoms with Gasteiger partial charge in [0, 0.05) is 12.2 Å². The molecule has 1 heterocycles. The summed E-state index contributed by atoms with van der Waals surface area (Å²) in [6.07, 6.45) is 3.46. The maximum absolute atomic E-state index is 8.76. The van der Waals surface area contributed by atoms with E-state index in [2.05, 4.69) is 4.98 Å². The van der Waals surface area contributed by atoms with Crippen molar-refractivity contribution in [1.82, 2.24) is 4.98 Å². The number of rotatable bonds is 2. The second-order valence-electron chi connectivity index (χ2n) is 3.43. The van der Waals surface area contributed by atoms with Crippen LogP contribution in [-0.4, -0.2) is 17.1 Å². The summed E-state index contributed by atoms with van der Waals surface area (Å²) >= 11 is 0. The Morgan fingerprint density at radius 2 is 2.36 bits per heavy atom. The van der Waals surface area contributed by atoms with Crippen molar-refractivity contribution < 1.29 is 4.74 Å². The molecule has 2 rings (SSSR count). The van der Waals surface area contributed by atoms with E-state index in [1.165, 1.54) is 0 Å². The van der Waals surface area contributed by atoms with Crippen LogP contribution in [0.5, 0.6) is 5.75 Å². The van der Waals surface area contributed by atoms with Crippen LogP contribution in [0.2, 0.25) is 0 Å². The average molecular weight is 189 g/mol. The molecule has 4 nitrogen and oxygen atoms in total. The van der Waals surface area contributed by atoms with E-state index in [1.54, 1.807) is 18.3 Å². The predicted molar refractivity (Wildman–Crippen MR) is 50.6 cm³/mol. The molecule has 72 valence electrons. The standard InChI is InChI=1S/C10H11N3O/c11-6-9-10(2-1-3-13-9)14-8-4-7(12)5-8/h1-3,7-8H,4-5,12H2. The van der Waals surface area contributed by atoms with E-state index in [9.17, 15) is 0 Å². The van der Waals surface area contributed by atoms with Gasteiger partial charge in [0.2, 0.25) is 0 Å². The highest BCUT2D eigenvalue weighted by Crippen LogP contribution is 2.25. The van der Waals surface area contributed by atoms with E-state index >= 15 is 0 Å². The Morgan fingerprint density at radius 3 is 3.00 bits per heavy atom. The molecule has 0 amide bonds. The minimum Gasteiger partial charge on any atom is -0.487 e. The maximum atomic E-state index is 8.76. The summed E-state index contributed by atoms with van der Waals surface area (Å²) in [4.78, 5) is 3.91. The van der Waals surface area contributed by atoms with Gasteiger partial charge in [-0.05, 0) is 25.0 Å². The van der Waals surface area contributed by atoms with Gasteiger partial charge in [0.1, 0.15) is 12.2 Å². The Kier molecular flexibility index (Phi) is 2.33. The summed E-state index contributed by atoms with van der Waals surface area (Å²) in [7, 11) is 0. The summed E-state index contributed by atoms with van der Waals surface area (Å²) in [5, 5.41) is 8.76. The lowest BCUT2D eigenvalue weighted by molar-refractivity contribution is 0.100. The van der Waals surface area contributed by atoms with Crippen LogP contribution in [0.25, 0.3) is 0 Å². The van der Waals surface area contributed by atoms with E-state index in [0.717, 1.165) is 12.8 Å². The molecule has 4 heteroatoms. The van der Waals surface area contributed by atoms with Crippen molar-refractivity contribution in [3.8, 4) is 11.8 Å². The quantitative estimate of drug-likeness (QED) is 0.747. The SMILES string of the molecule is N#Cc1ncccc1OC1CC(N)C1. The van der Waals surface area contributed by atoms with Gasteiger partial charge >= 0.3 is 0 Å². The van der Waals surface area contributed by atoms with Crippen LogP contribution in [0.15, 0.2) is 18.3 Å². The second-order valence-corrected chi connectivity index (χ2v) is 3.43. The third-order valence-corrected chi connectivity index (χ3v) is 2.30. The highest BCUT2D eigenvalue weighted by atomic mass is 16.5. The van der Waals surface area contributed by atoms with Gasteiger partial charge in [-0.15, -0.1) is 0 Å². The highest BCUT2D eigenvalue weighted by Gasteiger charge is 2.28. The molecule has 0 atom stereocenters. The molecule has 0 saturated heterocycles. The van der Waals surface area contributed by atoms with Crippen LogP contribution in [0.4, 0.5) is 0 Å². The molecule has 0 aliphatic heterocycles. The van der Waals surface area contributed by atoms with Crippen molar-refractivity contribution in [2.75, 3.05) is 0 Å². The molecular weight excluding hydrogens is 178 g/mol. The molecule has 0 spiro atoms. The maximum Gasteiger partial charge on any atom is 0.182 e. The minimum absolute atomic E-state index is 0.154. The number of aromatic nitrogens is 1. The third-order valence-electron chi connectivity index (χ3n) is 2.30. The molecule has 2 N–H and O–H groups in total. The number of nitriles is 1. The molecule has 1 aromatic rings. The minimum atomic E-state index is 0.154. The fourth-order valence-electron chi connectivity index (χ4n) is 1.45. The third kappa shape index (κ3) is 1.68. The topological polar surface area (TPSA) is 71.9 Å². The Labute approximate surface area is 82.3 Å². The molecule has 0 bridgehead atoms. The molecule has 0 radical (unpaired) electrons. The van der Waals surface area contributed by atoms with Crippen molar-refractivity contribution in [3.05, 3.63) is 24.0 Å². The lowest BCUT2D eigenvalue weighted by Gasteiger charge is -2.32. The lowest BCUT2D eigenvalue weighted by atomic mass is 9.90. The number of hydrogen-bond donors (Lipinski definition) is 1. The van der Waals surface area contributed by atoms with Crippen molar-refractivity contribution in [3.63, 3.8) is 0 Å². The van der Waals surface area contributed by atoms with Crippen LogP contribution >= 0.6 is 0 Å². The van der Waals surface area contributed by atoms with Gasteiger partial charge in [-0.2, -0.15) is 5.26 Å². The number of pyridine rings is 1. The number of ether oxygens (including phenoxy) is 1. The Balaban J connectivity index is 2.06. The fraction of sp³-hybridized carbons (Fsp3) is 0.400. The van der Waals surface area contributed by atoms with Crippen LogP contribution in [-0.2, 0) is 0 Å². The van der Waals surface area contributed by atoms with Gasteiger partial charge in [0.25, 0.3) is 0 Å². The van der Waals surface area contributed by atoms with Gasteiger partial charge in [-0.25, -0.2) is 4.98 Å². The predicted octanol–water partition coefficient (Wildman–Crippen LogP) is 0.822. The molecule has 1 saturated carbocycles. The highest BCUT2D eigenvalue weighted by molar-refractivity contribution is 5.36. The second kappa shape index (κ2) is 3.64. The first-order valence-electron chi connectivity index (χ1n) is 4.57. The van der Waals surface area contributed by atoms with E-state index in [1.807, 2.05) is 6.07 Å². The van der Waals surface area contributed by atoms with E-state index in [0.29, 0.717) is 11.4 Å².